The van der Waals surface area contributed by atoms with Crippen molar-refractivity contribution in [1.29, 1.82) is 0 Å². The zero-order valence-electron chi connectivity index (χ0n) is 43.6. The quantitative estimate of drug-likeness (QED) is 0.0475. The molecule has 468 valence electrons. The lowest BCUT2D eigenvalue weighted by Gasteiger charge is -2.52. The molecule has 0 saturated carbocycles. The first-order valence-corrected chi connectivity index (χ1v) is 25.5. The summed E-state index contributed by atoms with van der Waals surface area (Å²) in [5.74, 6) is -8.32. The molecule has 20 N–H and O–H groups in total. The summed E-state index contributed by atoms with van der Waals surface area (Å²) >= 11 is 0. The van der Waals surface area contributed by atoms with Gasteiger partial charge in [0.05, 0.1) is 51.6 Å². The number of hydrogen-bond donors (Lipinski definition) is 20. The highest BCUT2D eigenvalue weighted by Crippen LogP contribution is 2.41. The Morgan fingerprint density at radius 2 is 1.01 bits per heavy atom. The molecule has 2 amide bonds. The van der Waals surface area contributed by atoms with E-state index in [9.17, 15) is 111 Å². The minimum atomic E-state index is -3.29. The van der Waals surface area contributed by atoms with Crippen LogP contribution in [-0.2, 0) is 76.0 Å². The van der Waals surface area contributed by atoms with Gasteiger partial charge in [0.15, 0.2) is 31.5 Å². The maximum Gasteiger partial charge on any atom is 0.364 e. The first-order valence-electron chi connectivity index (χ1n) is 25.5. The fourth-order valence-electron chi connectivity index (χ4n) is 10.3. The Hall–Kier alpha value is -3.24. The van der Waals surface area contributed by atoms with Gasteiger partial charge in [-0.15, -0.1) is 0 Å². The molecule has 1 unspecified atom stereocenters. The summed E-state index contributed by atoms with van der Waals surface area (Å²) in [7, 11) is 0. The molecule has 6 heterocycles. The van der Waals surface area contributed by atoms with Gasteiger partial charge in [-0.2, -0.15) is 0 Å². The average Bonchev–Trinajstić information content (AvgIpc) is 3.42. The average molecular weight is 1190 g/mol. The van der Waals surface area contributed by atoms with E-state index in [1.165, 1.54) is 6.92 Å². The fraction of sp³-hybridized carbons (Fsp3) is 0.911. The van der Waals surface area contributed by atoms with Crippen LogP contribution in [0.1, 0.15) is 34.1 Å². The van der Waals surface area contributed by atoms with Gasteiger partial charge < -0.3 is 159 Å². The summed E-state index contributed by atoms with van der Waals surface area (Å²) in [5.41, 5.74) is 0. The van der Waals surface area contributed by atoms with Gasteiger partial charge in [-0.25, -0.2) is 4.79 Å². The number of rotatable bonds is 21. The molecule has 0 radical (unpaired) electrons. The van der Waals surface area contributed by atoms with Crippen molar-refractivity contribution >= 4 is 23.8 Å². The summed E-state index contributed by atoms with van der Waals surface area (Å²) in [6.45, 7) is -1.55. The standard InChI is InChI=1S/C45H74N2O34/c1-11-23(57)27(61)30(64)41(70-11)78-36-22(47-13(3)54)40(79-37-25(59)17(7-49)73-42(31(37)65)76-33-19(9-51)72-39(67)29(63)28(33)62)75-20(10-52)34(36)77-43-32(66)38(26(60)18(8-50)74-43)81-45(44(68)69)5-16(71-14(4)55)21(46-12(2)53)35(80-45)24(58)15(56)6-48/h11,15-43,48-52,56-67H,5-10H2,1-4H3,(H,46,53)(H,47,54)(H,68,69)/t11-,15+,16-,17+,18+,19+,20+,21+,22+,23+,24+,25-,26-,27+,28+,29+,30-,31+,32+,33+,34+,35+,36+,37-,38-,39?,40-,41-,42-,43-,45-/m0/s1. The van der Waals surface area contributed by atoms with Gasteiger partial charge in [-0.3, -0.25) is 14.4 Å². The van der Waals surface area contributed by atoms with Crippen molar-refractivity contribution in [2.24, 2.45) is 0 Å². The number of carboxylic acids is 1. The van der Waals surface area contributed by atoms with Crippen molar-refractivity contribution in [3.63, 3.8) is 0 Å². The van der Waals surface area contributed by atoms with Crippen LogP contribution in [0.25, 0.3) is 0 Å². The lowest BCUT2D eigenvalue weighted by Crippen LogP contribution is -2.72. The van der Waals surface area contributed by atoms with E-state index in [2.05, 4.69) is 10.6 Å². The molecule has 0 aromatic rings. The van der Waals surface area contributed by atoms with Crippen molar-refractivity contribution in [3.8, 4) is 0 Å². The SMILES string of the molecule is CC(=O)N[C@H]1[C@H](O[C@H]2[C@@H](O)[C@@H](CO)O[C@@H](O[C@H]3[C@H](O)[C@@H](O)C(O)O[C@@H]3CO)[C@@H]2O)O[C@H](CO)[C@@H](O[C@@H]2O[C@H](CO)[C@H](O)[C@H](O[C@]3(C(=O)O)C[C@H](OC(C)=O)[C@@H](NC(C)=O)[C@H]([C@H](O)[C@H](O)CO)O3)[C@H]2O)[C@@H]1O[C@@H]1O[C@@H](C)[C@@H](O)[C@@H](O)[C@@H]1O. The number of amides is 2. The number of carboxylic acid groups (broad SMARTS) is 1. The minimum Gasteiger partial charge on any atom is -0.477 e. The molecule has 36 heteroatoms. The van der Waals surface area contributed by atoms with Crippen molar-refractivity contribution in [3.05, 3.63) is 0 Å². The Morgan fingerprint density at radius 3 is 1.54 bits per heavy atom. The van der Waals surface area contributed by atoms with E-state index >= 15 is 0 Å². The van der Waals surface area contributed by atoms with Gasteiger partial charge in [-0.05, 0) is 6.92 Å². The van der Waals surface area contributed by atoms with Crippen LogP contribution in [0.15, 0.2) is 0 Å². The highest BCUT2D eigenvalue weighted by atomic mass is 16.8. The first kappa shape index (κ1) is 66.9. The molecule has 0 spiro atoms. The Balaban J connectivity index is 1.39. The summed E-state index contributed by atoms with van der Waals surface area (Å²) in [6.07, 6.45) is -58.5. The van der Waals surface area contributed by atoms with Gasteiger partial charge in [0.1, 0.15) is 140 Å². The predicted octanol–water partition coefficient (Wildman–Crippen LogP) is -13.0. The third-order valence-corrected chi connectivity index (χ3v) is 14.5. The molecule has 6 fully saturated rings. The van der Waals surface area contributed by atoms with Crippen molar-refractivity contribution in [1.82, 2.24) is 10.6 Å². The normalized spacial score (nSPS) is 46.7. The fourth-order valence-corrected chi connectivity index (χ4v) is 10.3. The van der Waals surface area contributed by atoms with Crippen LogP contribution in [0, 0.1) is 0 Å². The maximum atomic E-state index is 13.4. The monoisotopic (exact) mass is 1190 g/mol. The van der Waals surface area contributed by atoms with Crippen LogP contribution in [0.3, 0.4) is 0 Å². The van der Waals surface area contributed by atoms with Gasteiger partial charge in [0.25, 0.3) is 5.79 Å². The molecule has 0 aromatic carbocycles. The van der Waals surface area contributed by atoms with E-state index in [1.54, 1.807) is 0 Å². The van der Waals surface area contributed by atoms with Crippen LogP contribution < -0.4 is 10.6 Å². The van der Waals surface area contributed by atoms with Gasteiger partial charge >= 0.3 is 11.9 Å². The van der Waals surface area contributed by atoms with Gasteiger partial charge in [0.2, 0.25) is 11.8 Å². The van der Waals surface area contributed by atoms with Crippen molar-refractivity contribution in [2.75, 3.05) is 33.0 Å². The zero-order valence-corrected chi connectivity index (χ0v) is 43.6. The molecule has 6 rings (SSSR count). The third-order valence-electron chi connectivity index (χ3n) is 14.5. The van der Waals surface area contributed by atoms with Crippen LogP contribution in [0.4, 0.5) is 0 Å². The second-order valence-corrected chi connectivity index (χ2v) is 20.2. The Bertz CT molecular complexity index is 2070. The summed E-state index contributed by atoms with van der Waals surface area (Å²) < 4.78 is 69.3. The molecule has 0 aliphatic carbocycles. The van der Waals surface area contributed by atoms with Crippen LogP contribution in [0.5, 0.6) is 0 Å². The Labute approximate surface area is 458 Å². The predicted molar refractivity (Wildman–Crippen MR) is 248 cm³/mol. The molecule has 6 aliphatic heterocycles. The molecule has 0 aromatic heterocycles. The minimum absolute atomic E-state index is 0.856. The van der Waals surface area contributed by atoms with E-state index < -0.39 is 253 Å². The van der Waals surface area contributed by atoms with Crippen LogP contribution in [0.2, 0.25) is 0 Å². The summed E-state index contributed by atoms with van der Waals surface area (Å²) in [6, 6.07) is -3.65. The second kappa shape index (κ2) is 28.3. The van der Waals surface area contributed by atoms with Gasteiger partial charge in [0, 0.05) is 20.8 Å². The highest BCUT2D eigenvalue weighted by Gasteiger charge is 2.62. The van der Waals surface area contributed by atoms with E-state index in [-0.39, 0.29) is 0 Å². The molecule has 6 saturated heterocycles. The molecule has 81 heavy (non-hydrogen) atoms. The number of esters is 1. The summed E-state index contributed by atoms with van der Waals surface area (Å²) in [4.78, 5) is 51.4. The highest BCUT2D eigenvalue weighted by molar-refractivity contribution is 5.77. The number of carbonyl (C=O) groups excluding carboxylic acids is 3. The maximum absolute atomic E-state index is 13.4. The molecule has 36 nitrogen and oxygen atoms in total. The number of carbonyl (C=O) groups is 4. The molecule has 6 aliphatic rings. The van der Waals surface area contributed by atoms with E-state index in [0.717, 1.165) is 20.8 Å². The zero-order chi connectivity index (χ0) is 60.3. The topological polar surface area (TPSA) is 567 Å². The van der Waals surface area contributed by atoms with E-state index in [0.29, 0.717) is 0 Å². The van der Waals surface area contributed by atoms with Crippen LogP contribution in [-0.4, -0.2) is 338 Å². The number of aliphatic hydroxyl groups is 17. The number of ether oxygens (including phenoxy) is 12. The number of aliphatic carboxylic acids is 1. The number of nitrogens with one attached hydrogen (secondary N) is 2. The second-order valence-electron chi connectivity index (χ2n) is 20.2. The Morgan fingerprint density at radius 1 is 0.531 bits per heavy atom. The summed E-state index contributed by atoms with van der Waals surface area (Å²) in [5, 5.41) is 199. The first-order chi connectivity index (χ1) is 38.1. The molecule has 0 bridgehead atoms. The smallest absolute Gasteiger partial charge is 0.364 e. The van der Waals surface area contributed by atoms with Crippen molar-refractivity contribution < 1.29 is 168 Å². The molecular weight excluding hydrogens is 1110 g/mol. The third kappa shape index (κ3) is 14.5. The lowest BCUT2D eigenvalue weighted by molar-refractivity contribution is -0.399. The number of hydrogen-bond acceptors (Lipinski definition) is 33. The largest absolute Gasteiger partial charge is 0.477 e. The van der Waals surface area contributed by atoms with Gasteiger partial charge in [-0.1, -0.05) is 0 Å². The Kier molecular flexibility index (Phi) is 23.4. The van der Waals surface area contributed by atoms with E-state index in [4.69, 9.17) is 56.8 Å². The lowest BCUT2D eigenvalue weighted by atomic mass is 9.87. The van der Waals surface area contributed by atoms with Crippen LogP contribution >= 0.6 is 0 Å². The molecule has 31 atom stereocenters. The number of aliphatic hydroxyl groups excluding tert-OH is 17. The van der Waals surface area contributed by atoms with Crippen molar-refractivity contribution in [2.45, 2.75) is 224 Å². The van der Waals surface area contributed by atoms with E-state index in [1.807, 2.05) is 0 Å². The molecular formula is C45H74N2O34.